The molecule has 36 heavy (non-hydrogen) atoms. The average molecular weight is 500 g/mol. The van der Waals surface area contributed by atoms with Crippen LogP contribution in [0, 0.1) is 5.82 Å². The summed E-state index contributed by atoms with van der Waals surface area (Å²) >= 11 is 0. The summed E-state index contributed by atoms with van der Waals surface area (Å²) in [5.74, 6) is -2.99. The molecule has 5 rings (SSSR count). The fraction of sp³-hybridized carbons (Fsp3) is 0.346. The Bertz CT molecular complexity index is 1280. The van der Waals surface area contributed by atoms with Gasteiger partial charge >= 0.3 is 6.18 Å². The number of aromatic nitrogens is 2. The molecule has 1 saturated carbocycles. The largest absolute Gasteiger partial charge is 0.449 e. The van der Waals surface area contributed by atoms with Crippen molar-refractivity contribution in [3.63, 3.8) is 0 Å². The Balaban J connectivity index is 1.58. The van der Waals surface area contributed by atoms with Gasteiger partial charge in [0.25, 0.3) is 5.91 Å². The number of nitrogens with zero attached hydrogens (tertiary/aromatic N) is 4. The van der Waals surface area contributed by atoms with Gasteiger partial charge < -0.3 is 9.47 Å². The minimum atomic E-state index is -4.76. The van der Waals surface area contributed by atoms with Crippen LogP contribution in [0.1, 0.15) is 49.5 Å². The van der Waals surface area contributed by atoms with Crippen molar-refractivity contribution >= 4 is 23.2 Å². The minimum Gasteiger partial charge on any atom is -0.318 e. The Hall–Kier alpha value is -3.69. The number of benzene rings is 2. The Morgan fingerprint density at radius 1 is 1.06 bits per heavy atom. The Kier molecular flexibility index (Phi) is 6.27. The van der Waals surface area contributed by atoms with Crippen LogP contribution in [-0.2, 0) is 22.3 Å². The first-order valence-electron chi connectivity index (χ1n) is 11.8. The molecule has 10 heteroatoms. The fourth-order valence-electron chi connectivity index (χ4n) is 5.26. The topological polar surface area (TPSA) is 58.4 Å². The quantitative estimate of drug-likeness (QED) is 0.435. The van der Waals surface area contributed by atoms with E-state index in [1.165, 1.54) is 18.2 Å². The van der Waals surface area contributed by atoms with Crippen molar-refractivity contribution in [3.05, 3.63) is 78.1 Å². The summed E-state index contributed by atoms with van der Waals surface area (Å²) < 4.78 is 55.2. The minimum absolute atomic E-state index is 0.0349. The van der Waals surface area contributed by atoms with E-state index in [0.717, 1.165) is 55.5 Å². The van der Waals surface area contributed by atoms with Crippen LogP contribution < -0.4 is 9.80 Å². The van der Waals surface area contributed by atoms with E-state index in [2.05, 4.69) is 4.98 Å². The van der Waals surface area contributed by atoms with Gasteiger partial charge in [0.05, 0.1) is 0 Å². The molecule has 2 aliphatic rings. The number of fused-ring (bicyclic) bond motifs is 1. The van der Waals surface area contributed by atoms with Gasteiger partial charge in [-0.15, -0.1) is 0 Å². The second-order valence-corrected chi connectivity index (χ2v) is 9.08. The third-order valence-corrected chi connectivity index (χ3v) is 6.79. The molecule has 1 unspecified atom stereocenters. The van der Waals surface area contributed by atoms with Crippen molar-refractivity contribution in [2.45, 2.75) is 56.9 Å². The fourth-order valence-corrected chi connectivity index (χ4v) is 5.26. The van der Waals surface area contributed by atoms with E-state index in [9.17, 15) is 27.2 Å². The number of imidazole rings is 1. The van der Waals surface area contributed by atoms with E-state index in [4.69, 9.17) is 0 Å². The molecule has 0 bridgehead atoms. The van der Waals surface area contributed by atoms with Gasteiger partial charge in [0.2, 0.25) is 11.7 Å². The molecule has 1 aliphatic heterocycles. The van der Waals surface area contributed by atoms with Gasteiger partial charge in [-0.05, 0) is 37.1 Å². The van der Waals surface area contributed by atoms with Gasteiger partial charge in [0.15, 0.2) is 0 Å². The number of rotatable bonds is 5. The van der Waals surface area contributed by atoms with E-state index < -0.39 is 36.3 Å². The zero-order valence-electron chi connectivity index (χ0n) is 19.3. The summed E-state index contributed by atoms with van der Waals surface area (Å²) in [6.45, 7) is -0.721. The van der Waals surface area contributed by atoms with Gasteiger partial charge in [-0.3, -0.25) is 14.5 Å². The highest BCUT2D eigenvalue weighted by molar-refractivity contribution is 6.11. The number of halogens is 4. The predicted octanol–water partition coefficient (Wildman–Crippen LogP) is 5.49. The van der Waals surface area contributed by atoms with Gasteiger partial charge in [-0.2, -0.15) is 13.2 Å². The number of carbonyl (C=O) groups is 2. The highest BCUT2D eigenvalue weighted by Gasteiger charge is 2.46. The molecule has 3 aromatic rings. The molecular formula is C26H24F4N4O2. The van der Waals surface area contributed by atoms with E-state index in [1.807, 2.05) is 6.07 Å². The average Bonchev–Trinajstić information content (AvgIpc) is 3.43. The first-order chi connectivity index (χ1) is 17.3. The van der Waals surface area contributed by atoms with Crippen LogP contribution in [0.4, 0.5) is 28.9 Å². The molecule has 6 nitrogen and oxygen atoms in total. The molecule has 2 heterocycles. The number of anilines is 2. The molecule has 0 N–H and O–H groups in total. The first kappa shape index (κ1) is 24.0. The molecule has 1 atom stereocenters. The highest BCUT2D eigenvalue weighted by atomic mass is 19.4. The van der Waals surface area contributed by atoms with E-state index >= 15 is 0 Å². The summed E-state index contributed by atoms with van der Waals surface area (Å²) in [7, 11) is 0. The molecule has 0 saturated heterocycles. The second kappa shape index (κ2) is 9.40. The maximum absolute atomic E-state index is 14.2. The Morgan fingerprint density at radius 3 is 2.53 bits per heavy atom. The standard InChI is InChI=1S/C26H24F4N4O2/c27-17-7-6-10-19(15-17)34(22(35)16-32-14-13-31-25(32)26(28,29)30)23-20-11-4-5-12-21(20)33(24(23)36)18-8-2-1-3-9-18/h4-7,10-15,18,23H,1-3,8-9,16H2. The zero-order chi connectivity index (χ0) is 25.4. The molecule has 188 valence electrons. The van der Waals surface area contributed by atoms with Crippen molar-refractivity contribution in [3.8, 4) is 0 Å². The van der Waals surface area contributed by atoms with Gasteiger partial charge in [0.1, 0.15) is 18.4 Å². The molecule has 1 aliphatic carbocycles. The van der Waals surface area contributed by atoms with Crippen molar-refractivity contribution in [1.29, 1.82) is 0 Å². The lowest BCUT2D eigenvalue weighted by Gasteiger charge is -2.33. The zero-order valence-corrected chi connectivity index (χ0v) is 19.3. The third-order valence-electron chi connectivity index (χ3n) is 6.79. The number of amides is 2. The normalized spacial score (nSPS) is 18.4. The van der Waals surface area contributed by atoms with Crippen molar-refractivity contribution in [2.24, 2.45) is 0 Å². The summed E-state index contributed by atoms with van der Waals surface area (Å²) in [6, 6.07) is 11.1. The van der Waals surface area contributed by atoms with Crippen molar-refractivity contribution in [1.82, 2.24) is 9.55 Å². The van der Waals surface area contributed by atoms with Gasteiger partial charge in [-0.25, -0.2) is 9.37 Å². The SMILES string of the molecule is O=C1C(N(C(=O)Cn2ccnc2C(F)(F)F)c2cccc(F)c2)c2ccccc2N1C1CCCCC1. The monoisotopic (exact) mass is 500 g/mol. The molecule has 1 fully saturated rings. The Morgan fingerprint density at radius 2 is 1.81 bits per heavy atom. The predicted molar refractivity (Wildman–Crippen MR) is 125 cm³/mol. The van der Waals surface area contributed by atoms with Gasteiger partial charge in [-0.1, -0.05) is 43.5 Å². The van der Waals surface area contributed by atoms with E-state index in [1.54, 1.807) is 23.1 Å². The lowest BCUT2D eigenvalue weighted by Crippen LogP contribution is -2.46. The number of hydrogen-bond acceptors (Lipinski definition) is 3. The molecular weight excluding hydrogens is 476 g/mol. The van der Waals surface area contributed by atoms with Crippen LogP contribution in [-0.4, -0.2) is 27.4 Å². The highest BCUT2D eigenvalue weighted by Crippen LogP contribution is 2.44. The molecule has 0 radical (unpaired) electrons. The maximum Gasteiger partial charge on any atom is 0.449 e. The number of carbonyl (C=O) groups excluding carboxylic acids is 2. The molecule has 1 aromatic heterocycles. The van der Waals surface area contributed by atoms with Crippen LogP contribution in [0.5, 0.6) is 0 Å². The first-order valence-corrected chi connectivity index (χ1v) is 11.8. The van der Waals surface area contributed by atoms with Crippen molar-refractivity contribution < 1.29 is 27.2 Å². The summed E-state index contributed by atoms with van der Waals surface area (Å²) in [4.78, 5) is 33.8. The van der Waals surface area contributed by atoms with Crippen LogP contribution in [0.2, 0.25) is 0 Å². The van der Waals surface area contributed by atoms with Crippen LogP contribution in [0.3, 0.4) is 0 Å². The Labute approximate surface area is 205 Å². The third kappa shape index (κ3) is 4.36. The van der Waals surface area contributed by atoms with Gasteiger partial charge in [0, 0.05) is 35.4 Å². The molecule has 2 amide bonds. The van der Waals surface area contributed by atoms with Crippen molar-refractivity contribution in [2.75, 3.05) is 9.80 Å². The lowest BCUT2D eigenvalue weighted by atomic mass is 9.94. The lowest BCUT2D eigenvalue weighted by molar-refractivity contribution is -0.147. The number of hydrogen-bond donors (Lipinski definition) is 0. The second-order valence-electron chi connectivity index (χ2n) is 9.08. The summed E-state index contributed by atoms with van der Waals surface area (Å²) in [5.41, 5.74) is 1.33. The molecule has 0 spiro atoms. The smallest absolute Gasteiger partial charge is 0.318 e. The van der Waals surface area contributed by atoms with E-state index in [-0.39, 0.29) is 17.6 Å². The maximum atomic E-state index is 14.2. The molecule has 2 aromatic carbocycles. The van der Waals surface area contributed by atoms with Crippen LogP contribution in [0.25, 0.3) is 0 Å². The summed E-state index contributed by atoms with van der Waals surface area (Å²) in [5, 5.41) is 0. The van der Waals surface area contributed by atoms with Crippen LogP contribution >= 0.6 is 0 Å². The number of alkyl halides is 3. The van der Waals surface area contributed by atoms with Crippen LogP contribution in [0.15, 0.2) is 60.9 Å². The van der Waals surface area contributed by atoms with E-state index in [0.29, 0.717) is 15.8 Å². The summed E-state index contributed by atoms with van der Waals surface area (Å²) in [6.07, 6.45) is 1.95. The number of para-hydroxylation sites is 1.